The Morgan fingerprint density at radius 3 is 2.24 bits per heavy atom. The number of H-pyrrole nitrogens is 1. The number of anilines is 1. The molecule has 0 fully saturated rings. The van der Waals surface area contributed by atoms with Gasteiger partial charge in [-0.2, -0.15) is 13.2 Å². The monoisotopic (exact) mass is 779 g/mol. The number of benzene rings is 3. The number of aryl methyl sites for hydroxylation is 1. The van der Waals surface area contributed by atoms with Gasteiger partial charge in [0.15, 0.2) is 5.78 Å². The van der Waals surface area contributed by atoms with E-state index in [9.17, 15) is 31.9 Å². The van der Waals surface area contributed by atoms with E-state index in [1.54, 1.807) is 31.4 Å². The minimum Gasteiger partial charge on any atom is -0.497 e. The average Bonchev–Trinajstić information content (AvgIpc) is 3.53. The summed E-state index contributed by atoms with van der Waals surface area (Å²) in [6.07, 6.45) is -3.46. The maximum atomic E-state index is 15.0. The van der Waals surface area contributed by atoms with Gasteiger partial charge in [-0.15, -0.1) is 0 Å². The molecular weight excluding hydrogens is 731 g/mol. The molecule has 1 aliphatic rings. The molecule has 1 heterocycles. The van der Waals surface area contributed by atoms with Gasteiger partial charge in [0.1, 0.15) is 22.9 Å². The van der Waals surface area contributed by atoms with Gasteiger partial charge in [0.05, 0.1) is 23.2 Å². The average molecular weight is 780 g/mol. The summed E-state index contributed by atoms with van der Waals surface area (Å²) in [5, 5.41) is 6.71. The lowest BCUT2D eigenvalue weighted by molar-refractivity contribution is -0.137. The van der Waals surface area contributed by atoms with Crippen LogP contribution in [0.2, 0.25) is 0 Å². The summed E-state index contributed by atoms with van der Waals surface area (Å²) in [4.78, 5) is 46.3. The Hall–Kier alpha value is -4.58. The fourth-order valence-electron chi connectivity index (χ4n) is 7.60. The lowest BCUT2D eigenvalue weighted by Crippen LogP contribution is -2.60. The fourth-order valence-corrected chi connectivity index (χ4v) is 8.03. The highest BCUT2D eigenvalue weighted by atomic mass is 32.1. The number of hydrogen-bond donors (Lipinski definition) is 3. The third-order valence-electron chi connectivity index (χ3n) is 11.4. The molecule has 0 aliphatic heterocycles. The number of amides is 1. The Morgan fingerprint density at radius 1 is 0.927 bits per heavy atom. The fraction of sp³-hybridized carbons (Fsp3) is 0.442. The van der Waals surface area contributed by atoms with E-state index in [1.807, 2.05) is 39.8 Å². The number of nitrogens with one attached hydrogen (secondary N) is 3. The third-order valence-corrected chi connectivity index (χ3v) is 11.8. The molecule has 0 saturated carbocycles. The molecule has 0 saturated heterocycles. The number of halogens is 4. The van der Waals surface area contributed by atoms with Crippen LogP contribution >= 0.6 is 12.2 Å². The lowest BCUT2D eigenvalue weighted by atomic mass is 9.72. The summed E-state index contributed by atoms with van der Waals surface area (Å²) in [5.74, 6) is -2.53. The van der Waals surface area contributed by atoms with Crippen LogP contribution in [0.3, 0.4) is 0 Å². The Morgan fingerprint density at radius 2 is 1.60 bits per heavy atom. The van der Waals surface area contributed by atoms with E-state index >= 15 is 0 Å². The van der Waals surface area contributed by atoms with Crippen LogP contribution in [0.1, 0.15) is 82.2 Å². The molecule has 12 heteroatoms. The highest BCUT2D eigenvalue weighted by Gasteiger charge is 2.47. The number of para-hydroxylation sites is 1. The normalized spacial score (nSPS) is 17.8. The van der Waals surface area contributed by atoms with E-state index in [4.69, 9.17) is 17.0 Å². The molecule has 294 valence electrons. The first-order valence-corrected chi connectivity index (χ1v) is 19.3. The number of rotatable bonds is 16. The molecule has 4 aromatic rings. The minimum atomic E-state index is -4.61. The largest absolute Gasteiger partial charge is 0.497 e. The number of aromatic nitrogens is 1. The number of fused-ring (bicyclic) bond motifs is 3. The number of alkyl halides is 3. The van der Waals surface area contributed by atoms with Crippen molar-refractivity contribution >= 4 is 51.3 Å². The quantitative estimate of drug-likeness (QED) is 0.0774. The number of ketones is 2. The summed E-state index contributed by atoms with van der Waals surface area (Å²) in [5.41, 5.74) is -0.308. The Bertz CT molecular complexity index is 2030. The number of Topliss-reactive ketones (excluding diaryl/α,β-unsaturated/α-hetero) is 2. The SMILES string of the molecule is CCC(C)[C@H](CC(=O)Cc1ccccc1F)C(=O)N[C@]1(C(=O)C[C@H](C(=S)Nc2ccc(OC)cc2)C(C)CC)CCc2[nH]c3c(C(F)(F)F)cccc3c2C1. The smallest absolute Gasteiger partial charge is 0.418 e. The second-order valence-electron chi connectivity index (χ2n) is 14.9. The van der Waals surface area contributed by atoms with Crippen molar-refractivity contribution in [2.24, 2.45) is 23.7 Å². The van der Waals surface area contributed by atoms with Crippen LogP contribution < -0.4 is 15.4 Å². The zero-order valence-electron chi connectivity index (χ0n) is 31.9. The van der Waals surface area contributed by atoms with Crippen LogP contribution in [0.4, 0.5) is 23.2 Å². The van der Waals surface area contributed by atoms with E-state index in [0.717, 1.165) is 6.07 Å². The first-order valence-electron chi connectivity index (χ1n) is 18.9. The molecule has 2 unspecified atom stereocenters. The Kier molecular flexibility index (Phi) is 13.2. The molecule has 3 N–H and O–H groups in total. The number of hydrogen-bond acceptors (Lipinski definition) is 5. The van der Waals surface area contributed by atoms with Crippen LogP contribution in [0.15, 0.2) is 66.7 Å². The van der Waals surface area contributed by atoms with E-state index < -0.39 is 40.8 Å². The molecule has 5 rings (SSSR count). The van der Waals surface area contributed by atoms with Gasteiger partial charge in [0.25, 0.3) is 0 Å². The molecular formula is C43H49F4N3O4S. The summed E-state index contributed by atoms with van der Waals surface area (Å²) in [6.45, 7) is 7.76. The minimum absolute atomic E-state index is 0.0387. The summed E-state index contributed by atoms with van der Waals surface area (Å²) in [7, 11) is 1.57. The number of thiocarbonyl (C=S) groups is 1. The van der Waals surface area contributed by atoms with Crippen LogP contribution in [-0.4, -0.2) is 40.1 Å². The lowest BCUT2D eigenvalue weighted by Gasteiger charge is -2.40. The molecule has 55 heavy (non-hydrogen) atoms. The molecule has 5 atom stereocenters. The van der Waals surface area contributed by atoms with Gasteiger partial charge >= 0.3 is 6.18 Å². The molecule has 0 radical (unpaired) electrons. The van der Waals surface area contributed by atoms with Crippen LogP contribution in [0.25, 0.3) is 10.9 Å². The first-order chi connectivity index (χ1) is 26.1. The van der Waals surface area contributed by atoms with Gasteiger partial charge in [0.2, 0.25) is 5.91 Å². The molecule has 3 aromatic carbocycles. The summed E-state index contributed by atoms with van der Waals surface area (Å²) >= 11 is 5.91. The topological polar surface area (TPSA) is 100 Å². The number of carbonyl (C=O) groups excluding carboxylic acids is 3. The third kappa shape index (κ3) is 9.45. The first kappa shape index (κ1) is 41.6. The second-order valence-corrected chi connectivity index (χ2v) is 15.3. The maximum Gasteiger partial charge on any atom is 0.418 e. The number of carbonyl (C=O) groups is 3. The Labute approximate surface area is 325 Å². The van der Waals surface area contributed by atoms with Gasteiger partial charge < -0.3 is 20.4 Å². The number of methoxy groups -OCH3 is 1. The highest BCUT2D eigenvalue weighted by molar-refractivity contribution is 7.80. The summed E-state index contributed by atoms with van der Waals surface area (Å²) < 4.78 is 62.1. The van der Waals surface area contributed by atoms with Gasteiger partial charge in [-0.3, -0.25) is 14.4 Å². The van der Waals surface area contributed by atoms with Crippen molar-refractivity contribution in [2.75, 3.05) is 12.4 Å². The maximum absolute atomic E-state index is 15.0. The van der Waals surface area contributed by atoms with Crippen molar-refractivity contribution < 1.29 is 36.7 Å². The predicted octanol–water partition coefficient (Wildman–Crippen LogP) is 9.60. The molecule has 1 amide bonds. The zero-order chi connectivity index (χ0) is 40.1. The van der Waals surface area contributed by atoms with Crippen molar-refractivity contribution in [1.29, 1.82) is 0 Å². The van der Waals surface area contributed by atoms with Crippen molar-refractivity contribution in [2.45, 2.75) is 90.8 Å². The molecule has 1 aromatic heterocycles. The molecule has 0 bridgehead atoms. The zero-order valence-corrected chi connectivity index (χ0v) is 32.7. The summed E-state index contributed by atoms with van der Waals surface area (Å²) in [6, 6.07) is 17.2. The van der Waals surface area contributed by atoms with Crippen molar-refractivity contribution in [1.82, 2.24) is 10.3 Å². The van der Waals surface area contributed by atoms with Crippen LogP contribution in [0, 0.1) is 29.5 Å². The number of ether oxygens (including phenoxy) is 1. The predicted molar refractivity (Wildman–Crippen MR) is 211 cm³/mol. The highest BCUT2D eigenvalue weighted by Crippen LogP contribution is 2.41. The van der Waals surface area contributed by atoms with Gasteiger partial charge in [-0.05, 0) is 72.2 Å². The van der Waals surface area contributed by atoms with Gasteiger partial charge in [0, 0.05) is 54.3 Å². The van der Waals surface area contributed by atoms with Gasteiger partial charge in [-0.25, -0.2) is 4.39 Å². The standard InChI is InChI=1S/C43H49F4N3O4S/c1-6-25(3)32(22-29(51)21-27-11-8-9-14-36(27)44)40(53)50-42(20-19-37-34(24-42)31-12-10-13-35(39(31)49-37)43(45,46)47)38(52)23-33(26(4)7-2)41(55)48-28-15-17-30(54-5)18-16-28/h8-18,25-26,32-33,49H,6-7,19-24H2,1-5H3,(H,48,55)(H,50,53)/t25?,26?,32-,33-,42+/m0/s1. The van der Waals surface area contributed by atoms with Crippen molar-refractivity contribution in [3.8, 4) is 5.75 Å². The molecule has 7 nitrogen and oxygen atoms in total. The van der Waals surface area contributed by atoms with Gasteiger partial charge in [-0.1, -0.05) is 83.1 Å². The van der Waals surface area contributed by atoms with E-state index in [1.165, 1.54) is 24.3 Å². The number of aromatic amines is 1. The van der Waals surface area contributed by atoms with Crippen LogP contribution in [0.5, 0.6) is 5.75 Å². The van der Waals surface area contributed by atoms with E-state index in [-0.39, 0.29) is 73.0 Å². The van der Waals surface area contributed by atoms with Crippen LogP contribution in [-0.2, 0) is 39.8 Å². The van der Waals surface area contributed by atoms with E-state index in [0.29, 0.717) is 45.9 Å². The molecule has 0 spiro atoms. The van der Waals surface area contributed by atoms with Crippen molar-refractivity contribution in [3.63, 3.8) is 0 Å². The second kappa shape index (κ2) is 17.5. The van der Waals surface area contributed by atoms with Crippen molar-refractivity contribution in [3.05, 3.63) is 94.9 Å². The molecule has 1 aliphatic carbocycles. The Balaban J connectivity index is 1.51. The van der Waals surface area contributed by atoms with E-state index in [2.05, 4.69) is 15.6 Å².